The highest BCUT2D eigenvalue weighted by atomic mass is 17.1. The molecule has 0 saturated heterocycles. The Morgan fingerprint density at radius 3 is 1.65 bits per heavy atom. The highest BCUT2D eigenvalue weighted by Gasteiger charge is 2.19. The van der Waals surface area contributed by atoms with Gasteiger partial charge in [-0.3, -0.25) is 29.1 Å². The van der Waals surface area contributed by atoms with E-state index in [-0.39, 0.29) is 26.2 Å². The van der Waals surface area contributed by atoms with E-state index >= 15 is 0 Å². The molecule has 0 aromatic carbocycles. The Balaban J connectivity index is 4.68. The first-order chi connectivity index (χ1) is 10.8. The molecule has 132 valence electrons. The first-order valence-electron chi connectivity index (χ1n) is 6.66. The average Bonchev–Trinajstić information content (AvgIpc) is 2.43. The van der Waals surface area contributed by atoms with E-state index in [1.54, 1.807) is 6.92 Å². The van der Waals surface area contributed by atoms with E-state index in [2.05, 4.69) is 4.89 Å². The predicted molar refractivity (Wildman–Crippen MR) is 73.5 cm³/mol. The molecule has 0 aromatic heterocycles. The topological polar surface area (TPSA) is 154 Å². The summed E-state index contributed by atoms with van der Waals surface area (Å²) in [6.07, 6.45) is 0. The van der Waals surface area contributed by atoms with Crippen LogP contribution >= 0.6 is 0 Å². The number of carboxylic acids is 2. The van der Waals surface area contributed by atoms with Crippen LogP contribution in [0.5, 0.6) is 0 Å². The molecule has 23 heavy (non-hydrogen) atoms. The molecule has 0 saturated carbocycles. The molecule has 3 N–H and O–H groups in total. The van der Waals surface area contributed by atoms with Crippen LogP contribution in [-0.4, -0.2) is 95.0 Å². The van der Waals surface area contributed by atoms with E-state index in [0.717, 1.165) is 4.90 Å². The van der Waals surface area contributed by atoms with Crippen LogP contribution in [0.25, 0.3) is 0 Å². The summed E-state index contributed by atoms with van der Waals surface area (Å²) in [6, 6.07) is 0. The summed E-state index contributed by atoms with van der Waals surface area (Å²) in [4.78, 5) is 49.8. The average molecular weight is 336 g/mol. The van der Waals surface area contributed by atoms with Gasteiger partial charge in [0, 0.05) is 13.1 Å². The van der Waals surface area contributed by atoms with Gasteiger partial charge < -0.3 is 14.9 Å². The number of carbonyl (C=O) groups is 4. The maximum Gasteiger partial charge on any atom is 0.355 e. The second-order valence-electron chi connectivity index (χ2n) is 4.48. The number of nitrogens with zero attached hydrogens (tertiary/aromatic N) is 2. The molecule has 11 nitrogen and oxygen atoms in total. The summed E-state index contributed by atoms with van der Waals surface area (Å²) in [7, 11) is 0. The molecule has 0 spiro atoms. The van der Waals surface area contributed by atoms with Crippen molar-refractivity contribution >= 4 is 23.9 Å². The second-order valence-corrected chi connectivity index (χ2v) is 4.48. The number of hydrogen-bond donors (Lipinski definition) is 3. The molecule has 0 unspecified atom stereocenters. The monoisotopic (exact) mass is 336 g/mol. The van der Waals surface area contributed by atoms with Crippen molar-refractivity contribution in [2.75, 3.05) is 45.9 Å². The Labute approximate surface area is 131 Å². The zero-order chi connectivity index (χ0) is 17.8. The molecular weight excluding hydrogens is 316 g/mol. The third kappa shape index (κ3) is 11.0. The Hall–Kier alpha value is -2.24. The van der Waals surface area contributed by atoms with Crippen molar-refractivity contribution in [2.24, 2.45) is 0 Å². The predicted octanol–water partition coefficient (Wildman–Crippen LogP) is -1.66. The van der Waals surface area contributed by atoms with Gasteiger partial charge in [0.2, 0.25) is 0 Å². The van der Waals surface area contributed by atoms with Crippen LogP contribution in [0.4, 0.5) is 0 Å². The summed E-state index contributed by atoms with van der Waals surface area (Å²) in [5, 5.41) is 25.7. The number of rotatable bonds is 12. The normalized spacial score (nSPS) is 10.6. The quantitative estimate of drug-likeness (QED) is 0.213. The van der Waals surface area contributed by atoms with Crippen molar-refractivity contribution in [3.63, 3.8) is 0 Å². The first-order valence-corrected chi connectivity index (χ1v) is 6.66. The van der Waals surface area contributed by atoms with Gasteiger partial charge >= 0.3 is 23.9 Å². The summed E-state index contributed by atoms with van der Waals surface area (Å²) in [5.74, 6) is -4.06. The van der Waals surface area contributed by atoms with E-state index in [1.807, 2.05) is 0 Å². The van der Waals surface area contributed by atoms with Crippen LogP contribution in [0.1, 0.15) is 6.92 Å². The Bertz CT molecular complexity index is 411. The van der Waals surface area contributed by atoms with Crippen molar-refractivity contribution in [3.05, 3.63) is 0 Å². The lowest BCUT2D eigenvalue weighted by molar-refractivity contribution is -0.235. The Morgan fingerprint density at radius 1 is 0.826 bits per heavy atom. The van der Waals surface area contributed by atoms with E-state index in [9.17, 15) is 19.2 Å². The minimum Gasteiger partial charge on any atom is -0.480 e. The minimum absolute atomic E-state index is 0.00548. The lowest BCUT2D eigenvalue weighted by Crippen LogP contribution is -2.43. The van der Waals surface area contributed by atoms with Gasteiger partial charge in [-0.2, -0.15) is 5.26 Å². The molecule has 0 aliphatic heterocycles. The molecule has 0 aliphatic carbocycles. The fraction of sp³-hybridized carbons (Fsp3) is 0.667. The number of ether oxygens (including phenoxy) is 1. The van der Waals surface area contributed by atoms with Gasteiger partial charge in [0.1, 0.15) is 6.54 Å². The maximum atomic E-state index is 11.4. The zero-order valence-corrected chi connectivity index (χ0v) is 12.6. The van der Waals surface area contributed by atoms with Gasteiger partial charge in [-0.25, -0.2) is 4.79 Å². The van der Waals surface area contributed by atoms with Crippen LogP contribution in [-0.2, 0) is 28.8 Å². The molecule has 0 aromatic rings. The van der Waals surface area contributed by atoms with Crippen molar-refractivity contribution in [3.8, 4) is 0 Å². The zero-order valence-electron chi connectivity index (χ0n) is 12.6. The van der Waals surface area contributed by atoms with Crippen LogP contribution in [0.2, 0.25) is 0 Å². The number of esters is 1. The molecule has 0 heterocycles. The largest absolute Gasteiger partial charge is 0.480 e. The van der Waals surface area contributed by atoms with Gasteiger partial charge in [0.05, 0.1) is 26.2 Å². The van der Waals surface area contributed by atoms with Crippen molar-refractivity contribution in [2.45, 2.75) is 6.92 Å². The summed E-state index contributed by atoms with van der Waals surface area (Å²) < 4.78 is 4.73. The second kappa shape index (κ2) is 11.3. The Morgan fingerprint density at radius 2 is 1.26 bits per heavy atom. The van der Waals surface area contributed by atoms with Gasteiger partial charge in [-0.1, -0.05) is 0 Å². The fourth-order valence-corrected chi connectivity index (χ4v) is 1.69. The lowest BCUT2D eigenvalue weighted by atomic mass is 10.4. The van der Waals surface area contributed by atoms with E-state index < -0.39 is 43.5 Å². The maximum absolute atomic E-state index is 11.4. The molecular formula is C12H20N2O9. The molecule has 0 fully saturated rings. The van der Waals surface area contributed by atoms with Crippen molar-refractivity contribution in [1.82, 2.24) is 9.80 Å². The number of hydrogen-bond acceptors (Lipinski definition) is 9. The standard InChI is InChI=1S/C12H20N2O9/c1-2-22-11(19)7-14(8-12(20)23-21)4-3-13(5-9(15)16)6-10(17)18/h21H,2-8H2,1H3,(H,15,16)(H,17,18). The number of carboxylic acid groups (broad SMARTS) is 2. The van der Waals surface area contributed by atoms with E-state index in [1.165, 1.54) is 4.90 Å². The number of carbonyl (C=O) groups excluding carboxylic acids is 2. The summed E-state index contributed by atoms with van der Waals surface area (Å²) in [5.41, 5.74) is 0. The molecule has 0 atom stereocenters. The smallest absolute Gasteiger partial charge is 0.355 e. The van der Waals surface area contributed by atoms with Crippen LogP contribution in [0.3, 0.4) is 0 Å². The highest BCUT2D eigenvalue weighted by Crippen LogP contribution is 1.96. The molecule has 0 amide bonds. The van der Waals surface area contributed by atoms with E-state index in [4.69, 9.17) is 20.2 Å². The van der Waals surface area contributed by atoms with Crippen LogP contribution < -0.4 is 0 Å². The summed E-state index contributed by atoms with van der Waals surface area (Å²) >= 11 is 0. The molecule has 0 radical (unpaired) electrons. The van der Waals surface area contributed by atoms with Crippen LogP contribution in [0, 0.1) is 0 Å². The molecule has 0 aliphatic rings. The third-order valence-electron chi connectivity index (χ3n) is 2.56. The van der Waals surface area contributed by atoms with Gasteiger partial charge in [0.25, 0.3) is 0 Å². The SMILES string of the molecule is CCOC(=O)CN(CCN(CC(=O)O)CC(=O)O)CC(=O)OO. The summed E-state index contributed by atoms with van der Waals surface area (Å²) in [6.45, 7) is -0.0493. The minimum atomic E-state index is -1.21. The highest BCUT2D eigenvalue weighted by molar-refractivity contribution is 5.74. The molecule has 0 rings (SSSR count). The van der Waals surface area contributed by atoms with Gasteiger partial charge in [0.15, 0.2) is 0 Å². The Kier molecular flexibility index (Phi) is 10.2. The molecule has 11 heteroatoms. The van der Waals surface area contributed by atoms with E-state index in [0.29, 0.717) is 0 Å². The van der Waals surface area contributed by atoms with Gasteiger partial charge in [-0.15, -0.1) is 0 Å². The number of aliphatic carboxylic acids is 2. The molecule has 0 bridgehead atoms. The van der Waals surface area contributed by atoms with Crippen molar-refractivity contribution in [1.29, 1.82) is 0 Å². The van der Waals surface area contributed by atoms with Gasteiger partial charge in [-0.05, 0) is 6.92 Å². The lowest BCUT2D eigenvalue weighted by Gasteiger charge is -2.24. The van der Waals surface area contributed by atoms with Crippen LogP contribution in [0.15, 0.2) is 0 Å². The van der Waals surface area contributed by atoms with Crippen molar-refractivity contribution < 1.29 is 44.3 Å². The third-order valence-corrected chi connectivity index (χ3v) is 2.56. The first kappa shape index (κ1) is 20.8. The fourth-order valence-electron chi connectivity index (χ4n) is 1.69.